The van der Waals surface area contributed by atoms with Gasteiger partial charge < -0.3 is 0 Å². The fourth-order valence-electron chi connectivity index (χ4n) is 3.44. The zero-order chi connectivity index (χ0) is 17.4. The number of H-pyrrole nitrogens is 2. The fraction of sp³-hybridized carbons (Fsp3) is 0.111. The predicted octanol–water partition coefficient (Wildman–Crippen LogP) is 1.94. The number of allylic oxidation sites excluding steroid dienone is 1. The van der Waals surface area contributed by atoms with Gasteiger partial charge in [-0.3, -0.25) is 15.1 Å². The number of nitrogens with one attached hydrogen (secondary N) is 2. The maximum atomic E-state index is 4.62. The van der Waals surface area contributed by atoms with E-state index in [9.17, 15) is 0 Å². The van der Waals surface area contributed by atoms with Crippen LogP contribution < -0.4 is 0 Å². The fourth-order valence-corrected chi connectivity index (χ4v) is 3.44. The summed E-state index contributed by atoms with van der Waals surface area (Å²) in [6.45, 7) is 0. The minimum absolute atomic E-state index is 0.459. The molecule has 1 aliphatic rings. The van der Waals surface area contributed by atoms with Gasteiger partial charge in [-0.2, -0.15) is 5.10 Å². The summed E-state index contributed by atoms with van der Waals surface area (Å²) in [5, 5.41) is 21.5. The maximum absolute atomic E-state index is 4.62. The second-order valence-electron chi connectivity index (χ2n) is 6.13. The lowest BCUT2D eigenvalue weighted by Gasteiger charge is -2.32. The third-order valence-corrected chi connectivity index (χ3v) is 4.69. The Morgan fingerprint density at radius 1 is 0.923 bits per heavy atom. The molecule has 0 amide bonds. The number of hydrogen-bond donors (Lipinski definition) is 2. The first-order valence-corrected chi connectivity index (χ1v) is 8.20. The average Bonchev–Trinajstić information content (AvgIpc) is 3.38. The molecular weight excluding hydrogens is 328 g/mol. The standard InChI is InChI=1S/C18H14N8/c1-3-9-19-14(5-1)18(15-6-2-4-10-20-15)8-7-12-13(11-18)21-22-16(12)17-23-25-26-24-17/h1-10H,11H2,(H,21,22)(H,23,24,25,26). The highest BCUT2D eigenvalue weighted by Gasteiger charge is 2.39. The third-order valence-electron chi connectivity index (χ3n) is 4.69. The molecule has 1 aliphatic carbocycles. The summed E-state index contributed by atoms with van der Waals surface area (Å²) < 4.78 is 0. The van der Waals surface area contributed by atoms with Gasteiger partial charge in [0.1, 0.15) is 5.69 Å². The van der Waals surface area contributed by atoms with Crippen molar-refractivity contribution in [1.29, 1.82) is 0 Å². The molecule has 0 aliphatic heterocycles. The van der Waals surface area contributed by atoms with Crippen molar-refractivity contribution in [2.45, 2.75) is 11.8 Å². The molecule has 0 saturated heterocycles. The van der Waals surface area contributed by atoms with Crippen molar-refractivity contribution in [1.82, 2.24) is 40.8 Å². The van der Waals surface area contributed by atoms with Crippen LogP contribution in [0.2, 0.25) is 0 Å². The maximum Gasteiger partial charge on any atom is 0.200 e. The number of hydrogen-bond acceptors (Lipinski definition) is 6. The van der Waals surface area contributed by atoms with Gasteiger partial charge in [-0.15, -0.1) is 5.10 Å². The molecule has 8 nitrogen and oxygen atoms in total. The van der Waals surface area contributed by atoms with E-state index in [0.29, 0.717) is 17.9 Å². The minimum atomic E-state index is -0.459. The van der Waals surface area contributed by atoms with Gasteiger partial charge in [-0.1, -0.05) is 24.3 Å². The van der Waals surface area contributed by atoms with Gasteiger partial charge in [0, 0.05) is 30.1 Å². The summed E-state index contributed by atoms with van der Waals surface area (Å²) in [6.07, 6.45) is 8.47. The number of tetrazole rings is 1. The highest BCUT2D eigenvalue weighted by atomic mass is 15.5. The van der Waals surface area contributed by atoms with Gasteiger partial charge in [0.25, 0.3) is 0 Å². The van der Waals surface area contributed by atoms with Crippen molar-refractivity contribution in [3.63, 3.8) is 0 Å². The van der Waals surface area contributed by atoms with Gasteiger partial charge in [-0.05, 0) is 34.7 Å². The van der Waals surface area contributed by atoms with Crippen LogP contribution in [0.3, 0.4) is 0 Å². The molecule has 0 radical (unpaired) electrons. The number of aromatic nitrogens is 8. The monoisotopic (exact) mass is 342 g/mol. The lowest BCUT2D eigenvalue weighted by atomic mass is 9.72. The van der Waals surface area contributed by atoms with Crippen LogP contribution >= 0.6 is 0 Å². The van der Waals surface area contributed by atoms with Gasteiger partial charge in [0.05, 0.1) is 16.8 Å². The SMILES string of the molecule is C1=CC(c2ccccn2)(c2ccccn2)Cc2[nH]nc(-c3nnn[nH]3)c21. The number of aromatic amines is 2. The molecule has 0 fully saturated rings. The number of rotatable bonds is 3. The molecule has 0 spiro atoms. The van der Waals surface area contributed by atoms with Crippen molar-refractivity contribution >= 4 is 6.08 Å². The first kappa shape index (κ1) is 14.6. The van der Waals surface area contributed by atoms with Crippen LogP contribution in [0, 0.1) is 0 Å². The van der Waals surface area contributed by atoms with E-state index in [0.717, 1.165) is 22.6 Å². The predicted molar refractivity (Wildman–Crippen MR) is 93.8 cm³/mol. The highest BCUT2D eigenvalue weighted by Crippen LogP contribution is 2.40. The molecule has 0 saturated carbocycles. The molecule has 26 heavy (non-hydrogen) atoms. The zero-order valence-corrected chi connectivity index (χ0v) is 13.7. The first-order chi connectivity index (χ1) is 12.9. The minimum Gasteiger partial charge on any atom is -0.281 e. The Balaban J connectivity index is 1.67. The second-order valence-corrected chi connectivity index (χ2v) is 6.13. The molecule has 4 aromatic rings. The van der Waals surface area contributed by atoms with Crippen molar-refractivity contribution in [2.24, 2.45) is 0 Å². The Bertz CT molecular complexity index is 1010. The van der Waals surface area contributed by atoms with Crippen molar-refractivity contribution in [3.05, 3.63) is 77.5 Å². The summed E-state index contributed by atoms with van der Waals surface area (Å²) in [4.78, 5) is 9.23. The van der Waals surface area contributed by atoms with E-state index >= 15 is 0 Å². The van der Waals surface area contributed by atoms with Crippen LogP contribution in [0.15, 0.2) is 54.9 Å². The Labute approximate surface area is 148 Å². The topological polar surface area (TPSA) is 109 Å². The molecule has 2 N–H and O–H groups in total. The summed E-state index contributed by atoms with van der Waals surface area (Å²) in [7, 11) is 0. The summed E-state index contributed by atoms with van der Waals surface area (Å²) >= 11 is 0. The molecule has 0 unspecified atom stereocenters. The van der Waals surface area contributed by atoms with E-state index in [4.69, 9.17) is 0 Å². The Morgan fingerprint density at radius 2 is 1.69 bits per heavy atom. The lowest BCUT2D eigenvalue weighted by molar-refractivity contribution is 0.582. The smallest absolute Gasteiger partial charge is 0.200 e. The van der Waals surface area contributed by atoms with E-state index < -0.39 is 5.41 Å². The molecule has 126 valence electrons. The molecule has 0 aromatic carbocycles. The second kappa shape index (κ2) is 5.69. The quantitative estimate of drug-likeness (QED) is 0.589. The molecule has 0 atom stereocenters. The average molecular weight is 342 g/mol. The number of nitrogens with zero attached hydrogens (tertiary/aromatic N) is 6. The van der Waals surface area contributed by atoms with E-state index in [2.05, 4.69) is 46.9 Å². The number of pyridine rings is 2. The van der Waals surface area contributed by atoms with E-state index in [1.165, 1.54) is 0 Å². The van der Waals surface area contributed by atoms with Gasteiger partial charge in [-0.25, -0.2) is 5.10 Å². The molecule has 0 bridgehead atoms. The van der Waals surface area contributed by atoms with Crippen LogP contribution in [-0.4, -0.2) is 40.8 Å². The highest BCUT2D eigenvalue weighted by molar-refractivity contribution is 5.72. The molecule has 5 rings (SSSR count). The summed E-state index contributed by atoms with van der Waals surface area (Å²) in [5.41, 5.74) is 4.10. The molecule has 4 aromatic heterocycles. The molecule has 4 heterocycles. The largest absolute Gasteiger partial charge is 0.281 e. The van der Waals surface area contributed by atoms with Crippen LogP contribution in [0.1, 0.15) is 22.6 Å². The van der Waals surface area contributed by atoms with Crippen molar-refractivity contribution in [3.8, 4) is 11.5 Å². The van der Waals surface area contributed by atoms with E-state index in [1.54, 1.807) is 0 Å². The summed E-state index contributed by atoms with van der Waals surface area (Å²) in [6, 6.07) is 11.9. The number of fused-ring (bicyclic) bond motifs is 1. The van der Waals surface area contributed by atoms with Crippen LogP contribution in [0.5, 0.6) is 0 Å². The van der Waals surface area contributed by atoms with Crippen molar-refractivity contribution in [2.75, 3.05) is 0 Å². The van der Waals surface area contributed by atoms with Crippen LogP contribution in [0.4, 0.5) is 0 Å². The molecular formula is C18H14N8. The van der Waals surface area contributed by atoms with Gasteiger partial charge in [0.2, 0.25) is 5.82 Å². The molecule has 8 heteroatoms. The zero-order valence-electron chi connectivity index (χ0n) is 13.7. The normalized spacial score (nSPS) is 14.9. The van der Waals surface area contributed by atoms with Crippen LogP contribution in [-0.2, 0) is 11.8 Å². The van der Waals surface area contributed by atoms with Gasteiger partial charge in [0.15, 0.2) is 0 Å². The Kier molecular flexibility index (Phi) is 3.21. The third kappa shape index (κ3) is 2.16. The van der Waals surface area contributed by atoms with Gasteiger partial charge >= 0.3 is 0 Å². The lowest BCUT2D eigenvalue weighted by Crippen LogP contribution is -2.32. The Hall–Kier alpha value is -3.68. The van der Waals surface area contributed by atoms with Crippen LogP contribution in [0.25, 0.3) is 17.6 Å². The van der Waals surface area contributed by atoms with Crippen molar-refractivity contribution < 1.29 is 0 Å². The van der Waals surface area contributed by atoms with E-state index in [1.807, 2.05) is 54.9 Å². The Morgan fingerprint density at radius 3 is 2.31 bits per heavy atom. The summed E-state index contributed by atoms with van der Waals surface area (Å²) in [5.74, 6) is 0.537. The first-order valence-electron chi connectivity index (χ1n) is 8.20. The van der Waals surface area contributed by atoms with E-state index in [-0.39, 0.29) is 0 Å².